The molecule has 1 saturated heterocycles. The lowest BCUT2D eigenvalue weighted by atomic mass is 9.85. The largest absolute Gasteiger partial charge is 0.481 e. The monoisotopic (exact) mass is 299 g/mol. The normalized spacial score (nSPS) is 24.8. The van der Waals surface area contributed by atoms with Gasteiger partial charge >= 0.3 is 5.97 Å². The topological polar surface area (TPSA) is 75.6 Å². The fourth-order valence-electron chi connectivity index (χ4n) is 2.17. The van der Waals surface area contributed by atoms with Crippen LogP contribution in [0.2, 0.25) is 0 Å². The molecule has 1 fully saturated rings. The first-order valence-electron chi connectivity index (χ1n) is 6.37. The summed E-state index contributed by atoms with van der Waals surface area (Å²) in [5.41, 5.74) is -1.17. The Kier molecular flexibility index (Phi) is 4.22. The Bertz CT molecular complexity index is 578. The van der Waals surface area contributed by atoms with Crippen molar-refractivity contribution >= 4 is 11.9 Å². The Morgan fingerprint density at radius 3 is 2.81 bits per heavy atom. The maximum absolute atomic E-state index is 13.5. The first-order valence-corrected chi connectivity index (χ1v) is 6.37. The van der Waals surface area contributed by atoms with E-state index in [0.717, 1.165) is 6.07 Å². The number of hydrogen-bond donors (Lipinski definition) is 2. The Labute approximate surface area is 119 Å². The van der Waals surface area contributed by atoms with Crippen molar-refractivity contribution in [1.29, 1.82) is 0 Å². The number of carbonyl (C=O) groups is 2. The highest BCUT2D eigenvalue weighted by Crippen LogP contribution is 2.28. The van der Waals surface area contributed by atoms with Gasteiger partial charge in [-0.25, -0.2) is 8.78 Å². The summed E-state index contributed by atoms with van der Waals surface area (Å²) in [6, 6.07) is 2.26. The number of carboxylic acids is 1. The molecule has 0 aliphatic carbocycles. The Morgan fingerprint density at radius 2 is 2.19 bits per heavy atom. The molecule has 0 aromatic heterocycles. The van der Waals surface area contributed by atoms with Gasteiger partial charge < -0.3 is 15.2 Å². The zero-order valence-electron chi connectivity index (χ0n) is 11.4. The van der Waals surface area contributed by atoms with E-state index in [1.807, 2.05) is 0 Å². The van der Waals surface area contributed by atoms with Crippen LogP contribution in [0.5, 0.6) is 0 Å². The van der Waals surface area contributed by atoms with Gasteiger partial charge in [0.05, 0.1) is 25.7 Å². The molecule has 21 heavy (non-hydrogen) atoms. The number of hydrogen-bond acceptors (Lipinski definition) is 3. The molecule has 0 bridgehead atoms. The highest BCUT2D eigenvalue weighted by Gasteiger charge is 2.47. The number of benzene rings is 1. The van der Waals surface area contributed by atoms with E-state index in [2.05, 4.69) is 5.32 Å². The van der Waals surface area contributed by atoms with Gasteiger partial charge in [0.25, 0.3) is 0 Å². The molecule has 2 unspecified atom stereocenters. The zero-order valence-corrected chi connectivity index (χ0v) is 11.4. The van der Waals surface area contributed by atoms with Crippen LogP contribution in [0.15, 0.2) is 18.2 Å². The third-order valence-electron chi connectivity index (χ3n) is 3.65. The first-order chi connectivity index (χ1) is 9.83. The maximum Gasteiger partial charge on any atom is 0.313 e. The van der Waals surface area contributed by atoms with Crippen LogP contribution in [0, 0.1) is 17.0 Å². The standard InChI is InChI=1S/C14H15F2NO4/c1-14(13(19)20)7-21-6-11(14)17-12(18)4-8-2-3-9(15)5-10(8)16/h2-3,5,11H,4,6-7H2,1H3,(H,17,18)(H,19,20). The molecule has 2 atom stereocenters. The summed E-state index contributed by atoms with van der Waals surface area (Å²) < 4.78 is 31.4. The smallest absolute Gasteiger partial charge is 0.313 e. The average molecular weight is 299 g/mol. The van der Waals surface area contributed by atoms with E-state index in [9.17, 15) is 23.5 Å². The van der Waals surface area contributed by atoms with E-state index < -0.39 is 35.0 Å². The van der Waals surface area contributed by atoms with Gasteiger partial charge in [0.2, 0.25) is 5.91 Å². The molecule has 0 spiro atoms. The van der Waals surface area contributed by atoms with Crippen LogP contribution < -0.4 is 5.32 Å². The number of aliphatic carboxylic acids is 1. The SMILES string of the molecule is CC1(C(=O)O)COCC1NC(=O)Cc1ccc(F)cc1F. The molecule has 1 aliphatic rings. The molecular weight excluding hydrogens is 284 g/mol. The second kappa shape index (κ2) is 5.77. The third-order valence-corrected chi connectivity index (χ3v) is 3.65. The number of carbonyl (C=O) groups excluding carboxylic acids is 1. The van der Waals surface area contributed by atoms with Gasteiger partial charge in [0.1, 0.15) is 17.0 Å². The molecular formula is C14H15F2NO4. The summed E-state index contributed by atoms with van der Waals surface area (Å²) >= 11 is 0. The van der Waals surface area contributed by atoms with Gasteiger partial charge in [-0.1, -0.05) is 6.07 Å². The van der Waals surface area contributed by atoms with Crippen molar-refractivity contribution < 1.29 is 28.2 Å². The molecule has 2 N–H and O–H groups in total. The molecule has 0 radical (unpaired) electrons. The summed E-state index contributed by atoms with van der Waals surface area (Å²) in [4.78, 5) is 23.1. The van der Waals surface area contributed by atoms with Crippen molar-refractivity contribution in [2.75, 3.05) is 13.2 Å². The Hall–Kier alpha value is -2.02. The number of halogens is 2. The van der Waals surface area contributed by atoms with Crippen LogP contribution in [-0.2, 0) is 20.7 Å². The van der Waals surface area contributed by atoms with E-state index in [-0.39, 0.29) is 25.2 Å². The van der Waals surface area contributed by atoms with Crippen LogP contribution in [0.25, 0.3) is 0 Å². The van der Waals surface area contributed by atoms with Crippen molar-refractivity contribution in [3.8, 4) is 0 Å². The van der Waals surface area contributed by atoms with Gasteiger partial charge in [-0.2, -0.15) is 0 Å². The molecule has 7 heteroatoms. The van der Waals surface area contributed by atoms with Crippen LogP contribution in [0.3, 0.4) is 0 Å². The van der Waals surface area contributed by atoms with E-state index in [1.54, 1.807) is 0 Å². The van der Waals surface area contributed by atoms with Gasteiger partial charge in [-0.05, 0) is 18.6 Å². The highest BCUT2D eigenvalue weighted by atomic mass is 19.1. The number of carboxylic acid groups (broad SMARTS) is 1. The quantitative estimate of drug-likeness (QED) is 0.873. The van der Waals surface area contributed by atoms with Crippen LogP contribution in [0.1, 0.15) is 12.5 Å². The lowest BCUT2D eigenvalue weighted by Crippen LogP contribution is -2.50. The minimum atomic E-state index is -1.21. The van der Waals surface area contributed by atoms with E-state index in [1.165, 1.54) is 13.0 Å². The molecule has 0 saturated carbocycles. The van der Waals surface area contributed by atoms with E-state index in [4.69, 9.17) is 4.74 Å². The van der Waals surface area contributed by atoms with Crippen molar-refractivity contribution in [3.63, 3.8) is 0 Å². The molecule has 1 aromatic carbocycles. The van der Waals surface area contributed by atoms with Gasteiger partial charge in [0, 0.05) is 6.07 Å². The summed E-state index contributed by atoms with van der Waals surface area (Å²) in [6.07, 6.45) is -0.293. The highest BCUT2D eigenvalue weighted by molar-refractivity contribution is 5.81. The number of nitrogens with one attached hydrogen (secondary N) is 1. The van der Waals surface area contributed by atoms with E-state index in [0.29, 0.717) is 6.07 Å². The zero-order chi connectivity index (χ0) is 15.6. The molecule has 1 aromatic rings. The predicted octanol–water partition coefficient (Wildman–Crippen LogP) is 1.11. The molecule has 2 rings (SSSR count). The average Bonchev–Trinajstić information content (AvgIpc) is 2.76. The van der Waals surface area contributed by atoms with Crippen molar-refractivity contribution in [2.24, 2.45) is 5.41 Å². The summed E-state index contributed by atoms with van der Waals surface area (Å²) in [6.45, 7) is 1.56. The third kappa shape index (κ3) is 3.18. The summed E-state index contributed by atoms with van der Waals surface area (Å²) in [5, 5.41) is 11.7. The number of rotatable bonds is 4. The number of amides is 1. The fourth-order valence-corrected chi connectivity index (χ4v) is 2.17. The fraction of sp³-hybridized carbons (Fsp3) is 0.429. The van der Waals surface area contributed by atoms with Crippen LogP contribution in [0.4, 0.5) is 8.78 Å². The van der Waals surface area contributed by atoms with Crippen LogP contribution >= 0.6 is 0 Å². The van der Waals surface area contributed by atoms with Gasteiger partial charge in [0.15, 0.2) is 0 Å². The second-order valence-corrected chi connectivity index (χ2v) is 5.27. The van der Waals surface area contributed by atoms with E-state index >= 15 is 0 Å². The van der Waals surface area contributed by atoms with Gasteiger partial charge in [-0.15, -0.1) is 0 Å². The van der Waals surface area contributed by atoms with Crippen molar-refractivity contribution in [2.45, 2.75) is 19.4 Å². The molecule has 1 heterocycles. The maximum atomic E-state index is 13.5. The predicted molar refractivity (Wildman–Crippen MR) is 68.6 cm³/mol. The summed E-state index contributed by atoms with van der Waals surface area (Å²) in [7, 11) is 0. The second-order valence-electron chi connectivity index (χ2n) is 5.27. The first kappa shape index (κ1) is 15.4. The lowest BCUT2D eigenvalue weighted by molar-refractivity contribution is -0.149. The minimum Gasteiger partial charge on any atom is -0.481 e. The molecule has 5 nitrogen and oxygen atoms in total. The summed E-state index contributed by atoms with van der Waals surface area (Å²) in [5.74, 6) is -3.14. The molecule has 1 amide bonds. The lowest BCUT2D eigenvalue weighted by Gasteiger charge is -2.25. The molecule has 114 valence electrons. The van der Waals surface area contributed by atoms with Crippen LogP contribution in [-0.4, -0.2) is 36.2 Å². The molecule has 1 aliphatic heterocycles. The minimum absolute atomic E-state index is 0.00180. The van der Waals surface area contributed by atoms with Gasteiger partial charge in [-0.3, -0.25) is 9.59 Å². The Balaban J connectivity index is 2.03. The Morgan fingerprint density at radius 1 is 1.48 bits per heavy atom. The number of ether oxygens (including phenoxy) is 1. The van der Waals surface area contributed by atoms with Crippen molar-refractivity contribution in [3.05, 3.63) is 35.4 Å². The van der Waals surface area contributed by atoms with Crippen molar-refractivity contribution in [1.82, 2.24) is 5.32 Å².